The first kappa shape index (κ1) is 13.0. The maximum atomic E-state index is 5.00. The van der Waals surface area contributed by atoms with Crippen molar-refractivity contribution in [3.8, 4) is 0 Å². The zero-order chi connectivity index (χ0) is 12.8. The molecule has 0 spiro atoms. The molecule has 0 atom stereocenters. The van der Waals surface area contributed by atoms with Gasteiger partial charge in [0, 0.05) is 44.9 Å². The molecular formula is C11H14BrN5O. The molecule has 96 valence electrons. The summed E-state index contributed by atoms with van der Waals surface area (Å²) in [7, 11) is 1.70. The fraction of sp³-hybridized carbons (Fsp3) is 0.364. The van der Waals surface area contributed by atoms with E-state index in [-0.39, 0.29) is 0 Å². The van der Waals surface area contributed by atoms with Gasteiger partial charge in [0.25, 0.3) is 0 Å². The summed E-state index contributed by atoms with van der Waals surface area (Å²) < 4.78 is 7.70. The first-order chi connectivity index (χ1) is 8.78. The van der Waals surface area contributed by atoms with Crippen LogP contribution in [0.25, 0.3) is 0 Å². The average molecular weight is 312 g/mol. The van der Waals surface area contributed by atoms with Crippen LogP contribution in [0.4, 0.5) is 11.8 Å². The lowest BCUT2D eigenvalue weighted by atomic mass is 10.4. The Kier molecular flexibility index (Phi) is 4.66. The number of rotatable bonds is 6. The average Bonchev–Trinajstić information content (AvgIpc) is 2.80. The molecule has 2 aromatic heterocycles. The van der Waals surface area contributed by atoms with Crippen LogP contribution >= 0.6 is 15.9 Å². The number of methoxy groups -OCH3 is 1. The number of aryl methyl sites for hydroxylation is 1. The van der Waals surface area contributed by atoms with Crippen molar-refractivity contribution in [2.45, 2.75) is 13.0 Å². The number of halogens is 1. The number of hydrogen-bond acceptors (Lipinski definition) is 5. The number of anilines is 2. The van der Waals surface area contributed by atoms with Crippen LogP contribution in [0.5, 0.6) is 0 Å². The molecule has 2 aromatic rings. The highest BCUT2D eigenvalue weighted by Crippen LogP contribution is 2.11. The predicted octanol–water partition coefficient (Wildman–Crippen LogP) is 2.22. The molecular weight excluding hydrogens is 298 g/mol. The second-order valence-electron chi connectivity index (χ2n) is 3.66. The van der Waals surface area contributed by atoms with Crippen molar-refractivity contribution in [3.63, 3.8) is 0 Å². The minimum Gasteiger partial charge on any atom is -0.385 e. The van der Waals surface area contributed by atoms with Crippen LogP contribution in [-0.4, -0.2) is 33.5 Å². The highest BCUT2D eigenvalue weighted by Gasteiger charge is 2.01. The first-order valence-corrected chi connectivity index (χ1v) is 6.34. The highest BCUT2D eigenvalue weighted by atomic mass is 79.9. The van der Waals surface area contributed by atoms with E-state index in [0.717, 1.165) is 29.9 Å². The first-order valence-electron chi connectivity index (χ1n) is 5.55. The molecule has 18 heavy (non-hydrogen) atoms. The topological polar surface area (TPSA) is 64.9 Å². The van der Waals surface area contributed by atoms with Crippen molar-refractivity contribution in [2.75, 3.05) is 19.0 Å². The molecule has 2 rings (SSSR count). The third-order valence-electron chi connectivity index (χ3n) is 2.24. The molecule has 1 N–H and O–H groups in total. The Balaban J connectivity index is 1.91. The van der Waals surface area contributed by atoms with E-state index in [1.54, 1.807) is 19.5 Å². The van der Waals surface area contributed by atoms with E-state index in [4.69, 9.17) is 4.74 Å². The van der Waals surface area contributed by atoms with Gasteiger partial charge < -0.3 is 10.1 Å². The van der Waals surface area contributed by atoms with Crippen LogP contribution < -0.4 is 5.32 Å². The van der Waals surface area contributed by atoms with Gasteiger partial charge in [0.05, 0.1) is 4.47 Å². The van der Waals surface area contributed by atoms with Crippen molar-refractivity contribution in [2.24, 2.45) is 0 Å². The van der Waals surface area contributed by atoms with E-state index >= 15 is 0 Å². The molecule has 0 unspecified atom stereocenters. The lowest BCUT2D eigenvalue weighted by Crippen LogP contribution is -2.03. The summed E-state index contributed by atoms with van der Waals surface area (Å²) in [5.74, 6) is 1.26. The Labute approximate surface area is 114 Å². The second-order valence-corrected chi connectivity index (χ2v) is 4.58. The normalized spacial score (nSPS) is 10.6. The lowest BCUT2D eigenvalue weighted by molar-refractivity contribution is 0.189. The van der Waals surface area contributed by atoms with Crippen LogP contribution in [0.1, 0.15) is 6.42 Å². The molecule has 0 aliphatic rings. The lowest BCUT2D eigenvalue weighted by Gasteiger charge is -2.01. The van der Waals surface area contributed by atoms with Gasteiger partial charge >= 0.3 is 0 Å². The van der Waals surface area contributed by atoms with Crippen molar-refractivity contribution in [3.05, 3.63) is 29.1 Å². The highest BCUT2D eigenvalue weighted by molar-refractivity contribution is 9.10. The molecule has 0 amide bonds. The molecule has 7 heteroatoms. The molecule has 6 nitrogen and oxygen atoms in total. The maximum Gasteiger partial charge on any atom is 0.228 e. The van der Waals surface area contributed by atoms with Crippen LogP contribution in [0, 0.1) is 0 Å². The molecule has 0 aliphatic heterocycles. The fourth-order valence-electron chi connectivity index (χ4n) is 1.42. The standard InChI is InChI=1S/C11H14BrN5O/c1-18-6-2-4-17-5-3-10(16-17)15-11-13-7-9(12)8-14-11/h3,5,7-8H,2,4,6H2,1H3,(H,13,14,15,16). The summed E-state index contributed by atoms with van der Waals surface area (Å²) in [6.45, 7) is 1.56. The summed E-state index contributed by atoms with van der Waals surface area (Å²) >= 11 is 3.29. The smallest absolute Gasteiger partial charge is 0.228 e. The Morgan fingerprint density at radius 3 is 2.89 bits per heavy atom. The zero-order valence-corrected chi connectivity index (χ0v) is 11.6. The summed E-state index contributed by atoms with van der Waals surface area (Å²) in [6.07, 6.45) is 6.22. The van der Waals surface area contributed by atoms with E-state index in [9.17, 15) is 0 Å². The molecule has 0 bridgehead atoms. The maximum absolute atomic E-state index is 5.00. The molecule has 0 aromatic carbocycles. The number of aromatic nitrogens is 4. The Morgan fingerprint density at radius 1 is 1.39 bits per heavy atom. The number of nitrogens with one attached hydrogen (secondary N) is 1. The molecule has 2 heterocycles. The van der Waals surface area contributed by atoms with Gasteiger partial charge in [0.2, 0.25) is 5.95 Å². The van der Waals surface area contributed by atoms with E-state index in [1.807, 2.05) is 16.9 Å². The molecule has 0 radical (unpaired) electrons. The summed E-state index contributed by atoms with van der Waals surface area (Å²) in [5.41, 5.74) is 0. The Morgan fingerprint density at radius 2 is 2.17 bits per heavy atom. The van der Waals surface area contributed by atoms with Gasteiger partial charge in [-0.1, -0.05) is 0 Å². The van der Waals surface area contributed by atoms with Crippen LogP contribution in [0.2, 0.25) is 0 Å². The van der Waals surface area contributed by atoms with Crippen molar-refractivity contribution in [1.82, 2.24) is 19.7 Å². The van der Waals surface area contributed by atoms with E-state index in [2.05, 4.69) is 36.3 Å². The van der Waals surface area contributed by atoms with Crippen LogP contribution in [-0.2, 0) is 11.3 Å². The SMILES string of the molecule is COCCCn1ccc(Nc2ncc(Br)cn2)n1. The molecule has 0 saturated carbocycles. The van der Waals surface area contributed by atoms with Crippen molar-refractivity contribution in [1.29, 1.82) is 0 Å². The monoisotopic (exact) mass is 311 g/mol. The summed E-state index contributed by atoms with van der Waals surface area (Å²) in [5, 5.41) is 7.39. The second kappa shape index (κ2) is 6.46. The van der Waals surface area contributed by atoms with Crippen molar-refractivity contribution < 1.29 is 4.74 Å². The van der Waals surface area contributed by atoms with E-state index in [0.29, 0.717) is 5.95 Å². The summed E-state index contributed by atoms with van der Waals surface area (Å²) in [6, 6.07) is 1.89. The molecule has 0 saturated heterocycles. The molecule has 0 fully saturated rings. The minimum absolute atomic E-state index is 0.528. The minimum atomic E-state index is 0.528. The zero-order valence-electron chi connectivity index (χ0n) is 10.0. The third-order valence-corrected chi connectivity index (χ3v) is 2.65. The van der Waals surface area contributed by atoms with Gasteiger partial charge in [0.15, 0.2) is 5.82 Å². The number of hydrogen-bond donors (Lipinski definition) is 1. The third kappa shape index (κ3) is 3.78. The van der Waals surface area contributed by atoms with Gasteiger partial charge in [-0.3, -0.25) is 4.68 Å². The van der Waals surface area contributed by atoms with Crippen molar-refractivity contribution >= 4 is 27.7 Å². The van der Waals surface area contributed by atoms with Gasteiger partial charge in [-0.2, -0.15) is 5.10 Å². The number of ether oxygens (including phenoxy) is 1. The quantitative estimate of drug-likeness (QED) is 0.829. The fourth-order valence-corrected chi connectivity index (χ4v) is 1.62. The predicted molar refractivity (Wildman–Crippen MR) is 71.7 cm³/mol. The van der Waals surface area contributed by atoms with Gasteiger partial charge in [-0.25, -0.2) is 9.97 Å². The Hall–Kier alpha value is -1.47. The van der Waals surface area contributed by atoms with Crippen LogP contribution in [0.15, 0.2) is 29.1 Å². The van der Waals surface area contributed by atoms with E-state index in [1.165, 1.54) is 0 Å². The van der Waals surface area contributed by atoms with Crippen LogP contribution in [0.3, 0.4) is 0 Å². The van der Waals surface area contributed by atoms with Gasteiger partial charge in [-0.15, -0.1) is 0 Å². The Bertz CT molecular complexity index is 484. The largest absolute Gasteiger partial charge is 0.385 e. The molecule has 0 aliphatic carbocycles. The van der Waals surface area contributed by atoms with Gasteiger partial charge in [0.1, 0.15) is 0 Å². The van der Waals surface area contributed by atoms with Gasteiger partial charge in [-0.05, 0) is 22.4 Å². The number of nitrogens with zero attached hydrogens (tertiary/aromatic N) is 4. The summed E-state index contributed by atoms with van der Waals surface area (Å²) in [4.78, 5) is 8.24. The van der Waals surface area contributed by atoms with E-state index < -0.39 is 0 Å².